The van der Waals surface area contributed by atoms with Gasteiger partial charge in [0, 0.05) is 11.4 Å². The van der Waals surface area contributed by atoms with Gasteiger partial charge in [-0.1, -0.05) is 18.2 Å². The number of nitrogens with zero attached hydrogens (tertiary/aromatic N) is 1. The third-order valence-electron chi connectivity index (χ3n) is 4.85. The summed E-state index contributed by atoms with van der Waals surface area (Å²) >= 11 is 0. The lowest BCUT2D eigenvalue weighted by Gasteiger charge is -2.08. The summed E-state index contributed by atoms with van der Waals surface area (Å²) < 4.78 is 5.73. The highest BCUT2D eigenvalue weighted by Crippen LogP contribution is 2.40. The van der Waals surface area contributed by atoms with E-state index in [1.54, 1.807) is 48.5 Å². The second kappa shape index (κ2) is 8.50. The number of carbonyl (C=O) groups is 2. The second-order valence-corrected chi connectivity index (χ2v) is 7.06. The first-order chi connectivity index (χ1) is 14.6. The number of rotatable bonds is 6. The molecule has 1 fully saturated rings. The average Bonchev–Trinajstić information content (AvgIpc) is 3.58. The van der Waals surface area contributed by atoms with Crippen molar-refractivity contribution in [1.82, 2.24) is 0 Å². The maximum atomic E-state index is 12.4. The van der Waals surface area contributed by atoms with Gasteiger partial charge in [0.25, 0.3) is 0 Å². The Morgan fingerprint density at radius 2 is 1.27 bits per heavy atom. The van der Waals surface area contributed by atoms with Gasteiger partial charge in [-0.25, -0.2) is 0 Å². The molecule has 6 heteroatoms. The van der Waals surface area contributed by atoms with Crippen molar-refractivity contribution >= 4 is 23.2 Å². The van der Waals surface area contributed by atoms with Crippen LogP contribution < -0.4 is 15.4 Å². The van der Waals surface area contributed by atoms with Crippen molar-refractivity contribution in [2.24, 2.45) is 11.8 Å². The topological polar surface area (TPSA) is 91.2 Å². The molecule has 0 aromatic heterocycles. The summed E-state index contributed by atoms with van der Waals surface area (Å²) in [4.78, 5) is 24.8. The normalized spacial score (nSPS) is 16.8. The summed E-state index contributed by atoms with van der Waals surface area (Å²) in [6.07, 6.45) is 0.517. The quantitative estimate of drug-likeness (QED) is 0.638. The number of nitrogens with one attached hydrogen (secondary N) is 2. The predicted molar refractivity (Wildman–Crippen MR) is 113 cm³/mol. The number of ether oxygens (including phenoxy) is 1. The Morgan fingerprint density at radius 3 is 1.80 bits per heavy atom. The Kier molecular flexibility index (Phi) is 5.44. The van der Waals surface area contributed by atoms with Gasteiger partial charge in [0.2, 0.25) is 11.8 Å². The van der Waals surface area contributed by atoms with Crippen molar-refractivity contribution in [1.29, 1.82) is 5.26 Å². The molecule has 30 heavy (non-hydrogen) atoms. The maximum Gasteiger partial charge on any atom is 0.228 e. The second-order valence-electron chi connectivity index (χ2n) is 7.06. The van der Waals surface area contributed by atoms with Crippen molar-refractivity contribution < 1.29 is 14.3 Å². The third kappa shape index (κ3) is 4.65. The molecule has 0 saturated heterocycles. The van der Waals surface area contributed by atoms with Crippen LogP contribution in [-0.2, 0) is 9.59 Å². The summed E-state index contributed by atoms with van der Waals surface area (Å²) in [5, 5.41) is 14.5. The van der Waals surface area contributed by atoms with Gasteiger partial charge in [0.1, 0.15) is 11.5 Å². The third-order valence-corrected chi connectivity index (χ3v) is 4.85. The zero-order valence-electron chi connectivity index (χ0n) is 16.0. The molecule has 0 heterocycles. The molecule has 4 rings (SSSR count). The van der Waals surface area contributed by atoms with Gasteiger partial charge in [-0.15, -0.1) is 0 Å². The van der Waals surface area contributed by atoms with Crippen molar-refractivity contribution in [3.8, 4) is 17.6 Å². The molecule has 0 bridgehead atoms. The van der Waals surface area contributed by atoms with Crippen molar-refractivity contribution in [3.63, 3.8) is 0 Å². The summed E-state index contributed by atoms with van der Waals surface area (Å²) in [5.74, 6) is 0.358. The van der Waals surface area contributed by atoms with Gasteiger partial charge in [-0.2, -0.15) is 5.26 Å². The van der Waals surface area contributed by atoms with Gasteiger partial charge >= 0.3 is 0 Å². The number of hydrogen-bond acceptors (Lipinski definition) is 4. The molecule has 0 spiro atoms. The van der Waals surface area contributed by atoms with Gasteiger partial charge < -0.3 is 15.4 Å². The Balaban J connectivity index is 1.28. The zero-order chi connectivity index (χ0) is 20.9. The molecule has 0 radical (unpaired) electrons. The van der Waals surface area contributed by atoms with E-state index in [0.717, 1.165) is 5.75 Å². The zero-order valence-corrected chi connectivity index (χ0v) is 16.0. The molecule has 6 nitrogen and oxygen atoms in total. The average molecular weight is 397 g/mol. The highest BCUT2D eigenvalue weighted by Gasteiger charge is 2.48. The SMILES string of the molecule is N#Cc1ccc(NC(=O)C2CC2C(=O)Nc2ccc(Oc3ccccc3)cc2)cc1. The molecule has 148 valence electrons. The van der Waals surface area contributed by atoms with E-state index in [2.05, 4.69) is 10.6 Å². The molecule has 1 aliphatic carbocycles. The fourth-order valence-corrected chi connectivity index (χ4v) is 3.10. The van der Waals surface area contributed by atoms with Crippen LogP contribution >= 0.6 is 0 Å². The molecular formula is C24H19N3O3. The molecule has 1 saturated carbocycles. The monoisotopic (exact) mass is 397 g/mol. The van der Waals surface area contributed by atoms with E-state index in [0.29, 0.717) is 29.1 Å². The van der Waals surface area contributed by atoms with Gasteiger partial charge in [0.05, 0.1) is 23.5 Å². The Labute approximate surface area is 174 Å². The number of para-hydroxylation sites is 1. The first-order valence-corrected chi connectivity index (χ1v) is 9.57. The minimum atomic E-state index is -0.346. The van der Waals surface area contributed by atoms with Crippen LogP contribution in [0.15, 0.2) is 78.9 Å². The molecule has 1 aliphatic rings. The van der Waals surface area contributed by atoms with Crippen LogP contribution in [0.4, 0.5) is 11.4 Å². The number of nitriles is 1. The summed E-state index contributed by atoms with van der Waals surface area (Å²) in [5.41, 5.74) is 1.79. The predicted octanol–water partition coefficient (Wildman–Crippen LogP) is 4.56. The molecule has 3 aromatic rings. The van der Waals surface area contributed by atoms with Crippen LogP contribution in [0.25, 0.3) is 0 Å². The molecule has 2 atom stereocenters. The van der Waals surface area contributed by atoms with Gasteiger partial charge in [0.15, 0.2) is 0 Å². The van der Waals surface area contributed by atoms with E-state index in [4.69, 9.17) is 10.00 Å². The van der Waals surface area contributed by atoms with Crippen LogP contribution in [0.3, 0.4) is 0 Å². The lowest BCUT2D eigenvalue weighted by molar-refractivity contribution is -0.122. The van der Waals surface area contributed by atoms with Crippen molar-refractivity contribution in [2.45, 2.75) is 6.42 Å². The fraction of sp³-hybridized carbons (Fsp3) is 0.125. The van der Waals surface area contributed by atoms with E-state index >= 15 is 0 Å². The van der Waals surface area contributed by atoms with Gasteiger partial charge in [-0.3, -0.25) is 9.59 Å². The first-order valence-electron chi connectivity index (χ1n) is 9.57. The van der Waals surface area contributed by atoms with Crippen LogP contribution in [0, 0.1) is 23.2 Å². The molecule has 2 amide bonds. The summed E-state index contributed by atoms with van der Waals surface area (Å²) in [6, 6.07) is 25.2. The van der Waals surface area contributed by atoms with E-state index in [1.807, 2.05) is 36.4 Å². The van der Waals surface area contributed by atoms with Crippen LogP contribution in [0.1, 0.15) is 12.0 Å². The number of anilines is 2. The lowest BCUT2D eigenvalue weighted by Crippen LogP contribution is -2.20. The Morgan fingerprint density at radius 1 is 0.767 bits per heavy atom. The van der Waals surface area contributed by atoms with Crippen LogP contribution in [-0.4, -0.2) is 11.8 Å². The van der Waals surface area contributed by atoms with Crippen molar-refractivity contribution in [2.75, 3.05) is 10.6 Å². The van der Waals surface area contributed by atoms with E-state index in [1.165, 1.54) is 0 Å². The minimum absolute atomic E-state index is 0.174. The highest BCUT2D eigenvalue weighted by atomic mass is 16.5. The lowest BCUT2D eigenvalue weighted by atomic mass is 10.2. The largest absolute Gasteiger partial charge is 0.457 e. The van der Waals surface area contributed by atoms with Crippen molar-refractivity contribution in [3.05, 3.63) is 84.4 Å². The molecule has 3 aromatic carbocycles. The van der Waals surface area contributed by atoms with E-state index in [9.17, 15) is 9.59 Å². The molecular weight excluding hydrogens is 378 g/mol. The number of hydrogen-bond donors (Lipinski definition) is 2. The standard InChI is InChI=1S/C24H19N3O3/c25-15-16-6-8-17(9-7-16)26-23(28)21-14-22(21)24(29)27-18-10-12-20(13-11-18)30-19-4-2-1-3-5-19/h1-13,21-22H,14H2,(H,26,28)(H,27,29). The number of amides is 2. The summed E-state index contributed by atoms with van der Waals surface area (Å²) in [6.45, 7) is 0. The fourth-order valence-electron chi connectivity index (χ4n) is 3.10. The molecule has 0 aliphatic heterocycles. The van der Waals surface area contributed by atoms with Gasteiger partial charge in [-0.05, 0) is 67.1 Å². The number of carbonyl (C=O) groups excluding carboxylic acids is 2. The smallest absolute Gasteiger partial charge is 0.228 e. The van der Waals surface area contributed by atoms with E-state index < -0.39 is 0 Å². The molecule has 2 N–H and O–H groups in total. The Bertz CT molecular complexity index is 1090. The first kappa shape index (κ1) is 19.2. The van der Waals surface area contributed by atoms with Crippen LogP contribution in [0.2, 0.25) is 0 Å². The maximum absolute atomic E-state index is 12.4. The van der Waals surface area contributed by atoms with E-state index in [-0.39, 0.29) is 23.7 Å². The molecule has 2 unspecified atom stereocenters. The minimum Gasteiger partial charge on any atom is -0.457 e. The van der Waals surface area contributed by atoms with Crippen LogP contribution in [0.5, 0.6) is 11.5 Å². The Hall–Kier alpha value is -4.11. The highest BCUT2D eigenvalue weighted by molar-refractivity contribution is 6.03. The summed E-state index contributed by atoms with van der Waals surface area (Å²) in [7, 11) is 0. The number of benzene rings is 3.